The van der Waals surface area contributed by atoms with Crippen molar-refractivity contribution in [3.8, 4) is 6.01 Å². The molecule has 2 rings (SSSR count). The topological polar surface area (TPSA) is 63.2 Å². The lowest BCUT2D eigenvalue weighted by atomic mass is 9.96. The molecule has 1 unspecified atom stereocenters. The Hall–Kier alpha value is -1.59. The average Bonchev–Trinajstić information content (AvgIpc) is 2.53. The fourth-order valence-corrected chi connectivity index (χ4v) is 2.56. The summed E-state index contributed by atoms with van der Waals surface area (Å²) in [4.78, 5) is 15.6. The summed E-state index contributed by atoms with van der Waals surface area (Å²) in [5, 5.41) is 3.16. The van der Waals surface area contributed by atoms with Crippen LogP contribution in [0.5, 0.6) is 6.01 Å². The molecule has 1 aromatic rings. The Morgan fingerprint density at radius 3 is 2.81 bits per heavy atom. The summed E-state index contributed by atoms with van der Waals surface area (Å²) in [7, 11) is 0. The molecule has 1 N–H and O–H groups in total. The van der Waals surface area contributed by atoms with Crippen LogP contribution in [0.3, 0.4) is 0 Å². The van der Waals surface area contributed by atoms with Gasteiger partial charge in [-0.2, -0.15) is 15.0 Å². The van der Waals surface area contributed by atoms with Crippen molar-refractivity contribution in [2.45, 2.75) is 46.5 Å². The summed E-state index contributed by atoms with van der Waals surface area (Å²) in [6.07, 6.45) is 4.66. The fourth-order valence-electron chi connectivity index (χ4n) is 2.56. The molecule has 0 amide bonds. The van der Waals surface area contributed by atoms with Crippen LogP contribution in [0.2, 0.25) is 0 Å². The molecule has 1 aliphatic rings. The fraction of sp³-hybridized carbons (Fsp3) is 0.800. The summed E-state index contributed by atoms with van der Waals surface area (Å²) in [6.45, 7) is 9.81. The third kappa shape index (κ3) is 4.44. The van der Waals surface area contributed by atoms with Gasteiger partial charge in [0.25, 0.3) is 0 Å². The van der Waals surface area contributed by atoms with Crippen molar-refractivity contribution in [2.24, 2.45) is 5.92 Å². The molecule has 21 heavy (non-hydrogen) atoms. The molecular weight excluding hydrogens is 266 g/mol. The Kier molecular flexibility index (Phi) is 6.02. The van der Waals surface area contributed by atoms with Crippen molar-refractivity contribution in [3.63, 3.8) is 0 Å². The van der Waals surface area contributed by atoms with Gasteiger partial charge in [0, 0.05) is 19.6 Å². The summed E-state index contributed by atoms with van der Waals surface area (Å²) in [5.74, 6) is 2.08. The lowest BCUT2D eigenvalue weighted by Crippen LogP contribution is -2.36. The molecule has 6 nitrogen and oxygen atoms in total. The maximum atomic E-state index is 5.60. The highest BCUT2D eigenvalue weighted by atomic mass is 16.5. The van der Waals surface area contributed by atoms with Gasteiger partial charge in [-0.25, -0.2) is 0 Å². The highest BCUT2D eigenvalue weighted by Gasteiger charge is 2.22. The Balaban J connectivity index is 2.17. The predicted molar refractivity (Wildman–Crippen MR) is 85.0 cm³/mol. The largest absolute Gasteiger partial charge is 0.463 e. The van der Waals surface area contributed by atoms with E-state index < -0.39 is 0 Å². The quantitative estimate of drug-likeness (QED) is 0.834. The first-order valence-corrected chi connectivity index (χ1v) is 8.14. The lowest BCUT2D eigenvalue weighted by molar-refractivity contribution is 0.291. The number of nitrogens with zero attached hydrogens (tertiary/aromatic N) is 4. The molecule has 0 saturated carbocycles. The number of nitrogens with one attached hydrogen (secondary N) is 1. The van der Waals surface area contributed by atoms with E-state index >= 15 is 0 Å². The number of hydrogen-bond acceptors (Lipinski definition) is 6. The molecule has 1 atom stereocenters. The number of rotatable bonds is 7. The van der Waals surface area contributed by atoms with Crippen molar-refractivity contribution in [2.75, 3.05) is 36.5 Å². The van der Waals surface area contributed by atoms with Crippen LogP contribution in [0.25, 0.3) is 0 Å². The van der Waals surface area contributed by atoms with Crippen LogP contribution >= 0.6 is 0 Å². The van der Waals surface area contributed by atoms with E-state index in [0.29, 0.717) is 18.6 Å². The first-order chi connectivity index (χ1) is 10.3. The maximum Gasteiger partial charge on any atom is 0.323 e. The minimum atomic E-state index is 0.427. The number of hydrogen-bond donors (Lipinski definition) is 1. The highest BCUT2D eigenvalue weighted by molar-refractivity contribution is 5.38. The van der Waals surface area contributed by atoms with E-state index in [1.807, 2.05) is 6.92 Å². The molecular formula is C15H27N5O. The third-order valence-corrected chi connectivity index (χ3v) is 3.75. The Morgan fingerprint density at radius 1 is 1.24 bits per heavy atom. The molecule has 1 aliphatic heterocycles. The molecule has 6 heteroatoms. The second kappa shape index (κ2) is 8.00. The molecule has 0 aliphatic carbocycles. The van der Waals surface area contributed by atoms with Gasteiger partial charge in [-0.1, -0.05) is 20.3 Å². The van der Waals surface area contributed by atoms with Gasteiger partial charge in [0.15, 0.2) is 0 Å². The average molecular weight is 293 g/mol. The summed E-state index contributed by atoms with van der Waals surface area (Å²) >= 11 is 0. The normalized spacial score (nSPS) is 18.6. The van der Waals surface area contributed by atoms with Gasteiger partial charge in [0.1, 0.15) is 0 Å². The van der Waals surface area contributed by atoms with Crippen LogP contribution in [0, 0.1) is 5.92 Å². The number of piperidine rings is 1. The summed E-state index contributed by atoms with van der Waals surface area (Å²) in [6, 6.07) is 0.427. The minimum absolute atomic E-state index is 0.427. The number of anilines is 2. The molecule has 1 fully saturated rings. The van der Waals surface area contributed by atoms with Gasteiger partial charge in [-0.05, 0) is 32.1 Å². The zero-order chi connectivity index (χ0) is 15.1. The van der Waals surface area contributed by atoms with E-state index in [9.17, 15) is 0 Å². The van der Waals surface area contributed by atoms with Crippen LogP contribution in [0.4, 0.5) is 11.9 Å². The first-order valence-electron chi connectivity index (χ1n) is 8.14. The van der Waals surface area contributed by atoms with Crippen molar-refractivity contribution >= 4 is 11.9 Å². The van der Waals surface area contributed by atoms with Crippen molar-refractivity contribution in [3.05, 3.63) is 0 Å². The summed E-state index contributed by atoms with van der Waals surface area (Å²) in [5.41, 5.74) is 0. The van der Waals surface area contributed by atoms with Crippen molar-refractivity contribution in [1.82, 2.24) is 15.0 Å². The van der Waals surface area contributed by atoms with Crippen LogP contribution in [-0.4, -0.2) is 41.2 Å². The van der Waals surface area contributed by atoms with E-state index in [1.165, 1.54) is 19.3 Å². The Morgan fingerprint density at radius 2 is 2.10 bits per heavy atom. The second-order valence-corrected chi connectivity index (χ2v) is 5.48. The molecule has 1 aromatic heterocycles. The maximum absolute atomic E-state index is 5.60. The van der Waals surface area contributed by atoms with E-state index in [-0.39, 0.29) is 0 Å². The van der Waals surface area contributed by atoms with Gasteiger partial charge in [-0.3, -0.25) is 0 Å². The third-order valence-electron chi connectivity index (χ3n) is 3.75. The van der Waals surface area contributed by atoms with Gasteiger partial charge < -0.3 is 15.0 Å². The SMILES string of the molecule is CCCOc1nc(NCC)nc(N2CCCC(CC)C2)n1. The minimum Gasteiger partial charge on any atom is -0.463 e. The Labute approximate surface area is 127 Å². The van der Waals surface area contributed by atoms with Gasteiger partial charge in [0.05, 0.1) is 6.61 Å². The highest BCUT2D eigenvalue weighted by Crippen LogP contribution is 2.24. The van der Waals surface area contributed by atoms with Crippen molar-refractivity contribution in [1.29, 1.82) is 0 Å². The number of ether oxygens (including phenoxy) is 1. The molecule has 1 saturated heterocycles. The van der Waals surface area contributed by atoms with Gasteiger partial charge >= 0.3 is 6.01 Å². The van der Waals surface area contributed by atoms with Crippen LogP contribution in [-0.2, 0) is 0 Å². The second-order valence-electron chi connectivity index (χ2n) is 5.48. The molecule has 0 aromatic carbocycles. The standard InChI is InChI=1S/C15H27N5O/c1-4-10-21-15-18-13(16-6-3)17-14(19-15)20-9-7-8-12(5-2)11-20/h12H,4-11H2,1-3H3,(H,16,17,18,19). The molecule has 2 heterocycles. The zero-order valence-electron chi connectivity index (χ0n) is 13.4. The molecule has 118 valence electrons. The predicted octanol–water partition coefficient (Wildman–Crippen LogP) is 2.72. The first kappa shape index (κ1) is 15.8. The Bertz CT molecular complexity index is 440. The smallest absolute Gasteiger partial charge is 0.323 e. The van der Waals surface area contributed by atoms with Crippen LogP contribution in [0.15, 0.2) is 0 Å². The van der Waals surface area contributed by atoms with E-state index in [2.05, 4.69) is 39.0 Å². The molecule has 0 bridgehead atoms. The van der Waals surface area contributed by atoms with Crippen LogP contribution in [0.1, 0.15) is 46.5 Å². The van der Waals surface area contributed by atoms with E-state index in [1.54, 1.807) is 0 Å². The monoisotopic (exact) mass is 293 g/mol. The van der Waals surface area contributed by atoms with E-state index in [4.69, 9.17) is 4.74 Å². The summed E-state index contributed by atoms with van der Waals surface area (Å²) < 4.78 is 5.60. The van der Waals surface area contributed by atoms with Gasteiger partial charge in [0.2, 0.25) is 11.9 Å². The molecule has 0 radical (unpaired) electrons. The van der Waals surface area contributed by atoms with Gasteiger partial charge in [-0.15, -0.1) is 0 Å². The lowest BCUT2D eigenvalue weighted by Gasteiger charge is -2.32. The zero-order valence-corrected chi connectivity index (χ0v) is 13.4. The number of aromatic nitrogens is 3. The molecule has 0 spiro atoms. The van der Waals surface area contributed by atoms with E-state index in [0.717, 1.165) is 37.9 Å². The van der Waals surface area contributed by atoms with Crippen molar-refractivity contribution < 1.29 is 4.74 Å². The van der Waals surface area contributed by atoms with Crippen LogP contribution < -0.4 is 15.0 Å².